The highest BCUT2D eigenvalue weighted by atomic mass is 19.1. The number of carboxylic acid groups (broad SMARTS) is 1. The SMILES string of the molecule is CC(C)c1ccc(CNC(=O)N2CCC[C@@H]2C(=O)Nc2ccc(-c3ccc(C(=O)O)cc3)cc2)c(F)c1. The molecule has 3 amide bonds. The third-order valence-corrected chi connectivity index (χ3v) is 6.61. The van der Waals surface area contributed by atoms with E-state index in [0.717, 1.165) is 16.7 Å². The van der Waals surface area contributed by atoms with E-state index in [1.165, 1.54) is 11.0 Å². The van der Waals surface area contributed by atoms with E-state index in [1.54, 1.807) is 42.5 Å². The number of amides is 3. The molecule has 37 heavy (non-hydrogen) atoms. The van der Waals surface area contributed by atoms with Gasteiger partial charge in [0.1, 0.15) is 11.9 Å². The Morgan fingerprint density at radius 1 is 1.00 bits per heavy atom. The van der Waals surface area contributed by atoms with Gasteiger partial charge in [-0.3, -0.25) is 4.79 Å². The first-order valence-electron chi connectivity index (χ1n) is 12.3. The first kappa shape index (κ1) is 25.9. The fraction of sp³-hybridized carbons (Fsp3) is 0.276. The molecule has 0 unspecified atom stereocenters. The van der Waals surface area contributed by atoms with Crippen molar-refractivity contribution in [2.45, 2.75) is 45.2 Å². The molecule has 0 aromatic heterocycles. The van der Waals surface area contributed by atoms with E-state index in [-0.39, 0.29) is 29.8 Å². The molecule has 0 aliphatic carbocycles. The minimum absolute atomic E-state index is 0.0444. The summed E-state index contributed by atoms with van der Waals surface area (Å²) in [4.78, 5) is 38.3. The number of aromatic carboxylic acids is 1. The van der Waals surface area contributed by atoms with Gasteiger partial charge in [-0.15, -0.1) is 0 Å². The van der Waals surface area contributed by atoms with Crippen LogP contribution in [0.1, 0.15) is 54.1 Å². The maximum atomic E-state index is 14.4. The highest BCUT2D eigenvalue weighted by molar-refractivity contribution is 5.97. The van der Waals surface area contributed by atoms with E-state index < -0.39 is 18.0 Å². The van der Waals surface area contributed by atoms with Gasteiger partial charge in [-0.2, -0.15) is 0 Å². The first-order chi connectivity index (χ1) is 17.7. The lowest BCUT2D eigenvalue weighted by atomic mass is 10.0. The molecule has 7 nitrogen and oxygen atoms in total. The van der Waals surface area contributed by atoms with Gasteiger partial charge in [0, 0.05) is 24.3 Å². The number of hydrogen-bond acceptors (Lipinski definition) is 3. The van der Waals surface area contributed by atoms with Crippen molar-refractivity contribution in [2.24, 2.45) is 0 Å². The summed E-state index contributed by atoms with van der Waals surface area (Å²) >= 11 is 0. The summed E-state index contributed by atoms with van der Waals surface area (Å²) in [6.07, 6.45) is 1.25. The molecule has 1 aliphatic heterocycles. The molecular formula is C29H30FN3O4. The average molecular weight is 504 g/mol. The Balaban J connectivity index is 1.35. The summed E-state index contributed by atoms with van der Waals surface area (Å²) in [6.45, 7) is 4.47. The van der Waals surface area contributed by atoms with Crippen LogP contribution >= 0.6 is 0 Å². The van der Waals surface area contributed by atoms with Crippen molar-refractivity contribution in [3.05, 3.63) is 89.2 Å². The van der Waals surface area contributed by atoms with Crippen LogP contribution in [0.5, 0.6) is 0 Å². The molecule has 1 atom stereocenters. The Bertz CT molecular complexity index is 1290. The van der Waals surface area contributed by atoms with Crippen molar-refractivity contribution in [1.82, 2.24) is 10.2 Å². The number of likely N-dealkylation sites (tertiary alicyclic amines) is 1. The molecule has 0 saturated carbocycles. The number of nitrogens with one attached hydrogen (secondary N) is 2. The van der Waals surface area contributed by atoms with Gasteiger partial charge in [-0.1, -0.05) is 50.2 Å². The molecule has 1 aliphatic rings. The predicted octanol–water partition coefficient (Wildman–Crippen LogP) is 5.63. The summed E-state index contributed by atoms with van der Waals surface area (Å²) < 4.78 is 14.4. The maximum Gasteiger partial charge on any atom is 0.335 e. The lowest BCUT2D eigenvalue weighted by Crippen LogP contribution is -2.47. The van der Waals surface area contributed by atoms with Gasteiger partial charge in [0.2, 0.25) is 5.91 Å². The van der Waals surface area contributed by atoms with Crippen LogP contribution in [-0.4, -0.2) is 40.5 Å². The number of rotatable bonds is 7. The number of hydrogen-bond donors (Lipinski definition) is 3. The first-order valence-corrected chi connectivity index (χ1v) is 12.3. The van der Waals surface area contributed by atoms with Crippen molar-refractivity contribution in [3.8, 4) is 11.1 Å². The molecule has 192 valence electrons. The van der Waals surface area contributed by atoms with Gasteiger partial charge < -0.3 is 20.6 Å². The van der Waals surface area contributed by atoms with Gasteiger partial charge in [-0.05, 0) is 65.8 Å². The topological polar surface area (TPSA) is 98.7 Å². The highest BCUT2D eigenvalue weighted by Crippen LogP contribution is 2.24. The molecule has 0 bridgehead atoms. The van der Waals surface area contributed by atoms with Gasteiger partial charge >= 0.3 is 12.0 Å². The minimum atomic E-state index is -0.980. The number of carbonyl (C=O) groups is 3. The van der Waals surface area contributed by atoms with Crippen molar-refractivity contribution in [3.63, 3.8) is 0 Å². The Hall–Kier alpha value is -4.20. The second-order valence-corrected chi connectivity index (χ2v) is 9.46. The molecule has 0 radical (unpaired) electrons. The van der Waals surface area contributed by atoms with Crippen LogP contribution in [0, 0.1) is 5.82 Å². The van der Waals surface area contributed by atoms with Crippen LogP contribution in [0.4, 0.5) is 14.9 Å². The van der Waals surface area contributed by atoms with Gasteiger partial charge in [0.05, 0.1) is 5.56 Å². The standard InChI is InChI=1S/C29H30FN3O4/c1-18(2)22-9-10-23(25(30)16-22)17-31-29(37)33-15-3-4-26(33)27(34)32-24-13-11-20(12-14-24)19-5-7-21(8-6-19)28(35)36/h5-14,16,18,26H,3-4,15,17H2,1-2H3,(H,31,37)(H,32,34)(H,35,36)/t26-/m1/s1. The highest BCUT2D eigenvalue weighted by Gasteiger charge is 2.34. The Labute approximate surface area is 215 Å². The largest absolute Gasteiger partial charge is 0.478 e. The van der Waals surface area contributed by atoms with Crippen LogP contribution in [0.25, 0.3) is 11.1 Å². The number of carboxylic acids is 1. The maximum absolute atomic E-state index is 14.4. The second kappa shape index (κ2) is 11.2. The number of urea groups is 1. The summed E-state index contributed by atoms with van der Waals surface area (Å²) in [6, 6.07) is 17.8. The summed E-state index contributed by atoms with van der Waals surface area (Å²) in [5, 5.41) is 14.7. The molecule has 8 heteroatoms. The van der Waals surface area contributed by atoms with E-state index >= 15 is 0 Å². The van der Waals surface area contributed by atoms with Crippen LogP contribution < -0.4 is 10.6 Å². The molecule has 1 saturated heterocycles. The van der Waals surface area contributed by atoms with E-state index in [0.29, 0.717) is 30.6 Å². The zero-order valence-corrected chi connectivity index (χ0v) is 20.8. The Morgan fingerprint density at radius 2 is 1.65 bits per heavy atom. The van der Waals surface area contributed by atoms with Crippen LogP contribution in [0.3, 0.4) is 0 Å². The number of carbonyl (C=O) groups excluding carboxylic acids is 2. The summed E-state index contributed by atoms with van der Waals surface area (Å²) in [5.41, 5.74) is 3.84. The lowest BCUT2D eigenvalue weighted by molar-refractivity contribution is -0.119. The Kier molecular flexibility index (Phi) is 7.86. The summed E-state index contributed by atoms with van der Waals surface area (Å²) in [7, 11) is 0. The van der Waals surface area contributed by atoms with Crippen molar-refractivity contribution < 1.29 is 23.9 Å². The zero-order valence-electron chi connectivity index (χ0n) is 20.8. The average Bonchev–Trinajstić information content (AvgIpc) is 3.39. The summed E-state index contributed by atoms with van der Waals surface area (Å²) in [5.74, 6) is -1.41. The van der Waals surface area contributed by atoms with Gasteiger partial charge in [0.25, 0.3) is 0 Å². The third-order valence-electron chi connectivity index (χ3n) is 6.61. The molecule has 3 aromatic carbocycles. The number of halogens is 1. The smallest absolute Gasteiger partial charge is 0.335 e. The van der Waals surface area contributed by atoms with Crippen LogP contribution in [0.15, 0.2) is 66.7 Å². The van der Waals surface area contributed by atoms with Crippen LogP contribution in [-0.2, 0) is 11.3 Å². The molecule has 1 heterocycles. The van der Waals surface area contributed by atoms with Crippen molar-refractivity contribution >= 4 is 23.6 Å². The number of nitrogens with zero attached hydrogens (tertiary/aromatic N) is 1. The molecule has 3 aromatic rings. The normalized spacial score (nSPS) is 15.0. The quantitative estimate of drug-likeness (QED) is 0.389. The predicted molar refractivity (Wildman–Crippen MR) is 140 cm³/mol. The fourth-order valence-electron chi connectivity index (χ4n) is 4.40. The van der Waals surface area contributed by atoms with E-state index in [1.807, 2.05) is 32.0 Å². The second-order valence-electron chi connectivity index (χ2n) is 9.46. The number of benzene rings is 3. The van der Waals surface area contributed by atoms with E-state index in [2.05, 4.69) is 10.6 Å². The van der Waals surface area contributed by atoms with Crippen LogP contribution in [0.2, 0.25) is 0 Å². The lowest BCUT2D eigenvalue weighted by Gasteiger charge is -2.24. The third kappa shape index (κ3) is 6.14. The van der Waals surface area contributed by atoms with Gasteiger partial charge in [0.15, 0.2) is 0 Å². The molecule has 1 fully saturated rings. The molecule has 4 rings (SSSR count). The van der Waals surface area contributed by atoms with Gasteiger partial charge in [-0.25, -0.2) is 14.0 Å². The Morgan fingerprint density at radius 3 is 2.24 bits per heavy atom. The van der Waals surface area contributed by atoms with Crippen molar-refractivity contribution in [2.75, 3.05) is 11.9 Å². The zero-order chi connectivity index (χ0) is 26.5. The number of anilines is 1. The minimum Gasteiger partial charge on any atom is -0.478 e. The monoisotopic (exact) mass is 503 g/mol. The fourth-order valence-corrected chi connectivity index (χ4v) is 4.40. The van der Waals surface area contributed by atoms with E-state index in [4.69, 9.17) is 5.11 Å². The molecular weight excluding hydrogens is 473 g/mol. The van der Waals surface area contributed by atoms with E-state index in [9.17, 15) is 18.8 Å². The van der Waals surface area contributed by atoms with Crippen molar-refractivity contribution in [1.29, 1.82) is 0 Å². The molecule has 3 N–H and O–H groups in total. The molecule has 0 spiro atoms.